The van der Waals surface area contributed by atoms with Crippen molar-refractivity contribution >= 4 is 41.0 Å². The average Bonchev–Trinajstić information content (AvgIpc) is 0.845. The van der Waals surface area contributed by atoms with E-state index in [-0.39, 0.29) is 32.6 Å². The maximum absolute atomic E-state index is 14.5. The van der Waals surface area contributed by atoms with Crippen LogP contribution in [0.15, 0.2) is 188 Å². The van der Waals surface area contributed by atoms with Gasteiger partial charge in [-0.25, -0.2) is 34.3 Å². The van der Waals surface area contributed by atoms with E-state index in [0.29, 0.717) is 66.8 Å². The number of esters is 1. The molecule has 100 heavy (non-hydrogen) atoms. The molecule has 5 heterocycles. The second-order valence-electron chi connectivity index (χ2n) is 27.3. The fourth-order valence-electron chi connectivity index (χ4n) is 13.3. The van der Waals surface area contributed by atoms with E-state index in [1.807, 2.05) is 180 Å². The number of ether oxygens (including phenoxy) is 6. The van der Waals surface area contributed by atoms with Gasteiger partial charge in [0.2, 0.25) is 5.96 Å². The number of fused-ring (bicyclic) bond motifs is 1. The molecule has 8 atom stereocenters. The number of urea groups is 1. The van der Waals surface area contributed by atoms with Crippen LogP contribution in [0.4, 0.5) is 15.4 Å². The van der Waals surface area contributed by atoms with Gasteiger partial charge in [-0.1, -0.05) is 152 Å². The first-order valence-electron chi connectivity index (χ1n) is 33.9. The molecule has 0 radical (unpaired) electrons. The molecular weight excluding hydrogens is 1270 g/mol. The highest BCUT2D eigenvalue weighted by Crippen LogP contribution is 2.44. The molecule has 3 fully saturated rings. The number of amides is 3. The summed E-state index contributed by atoms with van der Waals surface area (Å²) in [7, 11) is 3.23. The molecule has 3 saturated heterocycles. The summed E-state index contributed by atoms with van der Waals surface area (Å²) < 4.78 is 37.1. The van der Waals surface area contributed by atoms with Crippen LogP contribution in [0.3, 0.4) is 0 Å². The summed E-state index contributed by atoms with van der Waals surface area (Å²) in [6.45, 7) is 11.0. The average molecular weight is 1370 g/mol. The van der Waals surface area contributed by atoms with Crippen molar-refractivity contribution in [3.63, 3.8) is 0 Å². The van der Waals surface area contributed by atoms with Crippen LogP contribution in [0.25, 0.3) is 11.2 Å². The van der Waals surface area contributed by atoms with Gasteiger partial charge in [0.15, 0.2) is 23.2 Å². The number of nitrogens with zero attached hydrogens (tertiary/aromatic N) is 8. The SMILES string of the molecule is COc1ccc(C(N=C2NC(=O)N([C@H]3C[C@H](O)[C@@H](CO)O3)CN2CCCCCN(CC[C@H](NC(=O)OC(C)(C)C)C(=O)OC(C)(C)C)C[C@H]2O[C@@H](n3cnc4c(NC(c5ccccc5)(c5ccccc5)c5ccc(OC)cc5)ncnc43)[C@H](O)[C@@H]2O)(c2ccccc2)c2ccccc2)cc1. The summed E-state index contributed by atoms with van der Waals surface area (Å²) in [4.78, 5) is 67.4. The van der Waals surface area contributed by atoms with Crippen molar-refractivity contribution in [3.8, 4) is 11.5 Å². The lowest BCUT2D eigenvalue weighted by Crippen LogP contribution is -2.63. The van der Waals surface area contributed by atoms with Crippen LogP contribution in [0.5, 0.6) is 11.5 Å². The monoisotopic (exact) mass is 1370 g/mol. The second kappa shape index (κ2) is 31.3. The van der Waals surface area contributed by atoms with Gasteiger partial charge in [-0.05, 0) is 125 Å². The molecule has 8 aromatic rings. The lowest BCUT2D eigenvalue weighted by molar-refractivity contribution is -0.157. The third kappa shape index (κ3) is 16.2. The van der Waals surface area contributed by atoms with E-state index in [1.54, 1.807) is 60.3 Å². The zero-order valence-corrected chi connectivity index (χ0v) is 57.8. The normalized spacial score (nSPS) is 20.5. The van der Waals surface area contributed by atoms with Crippen LogP contribution < -0.4 is 25.4 Å². The molecule has 0 unspecified atom stereocenters. The van der Waals surface area contributed by atoms with Crippen molar-refractivity contribution in [1.29, 1.82) is 0 Å². The van der Waals surface area contributed by atoms with Crippen molar-refractivity contribution in [2.45, 2.75) is 145 Å². The number of methoxy groups -OCH3 is 2. The number of rotatable bonds is 27. The van der Waals surface area contributed by atoms with Crippen molar-refractivity contribution in [2.75, 3.05) is 59.0 Å². The Bertz CT molecular complexity index is 3950. The van der Waals surface area contributed by atoms with Crippen LogP contribution in [-0.4, -0.2) is 186 Å². The maximum atomic E-state index is 14.5. The molecule has 24 heteroatoms. The molecular formula is C76H91N11O13. The van der Waals surface area contributed by atoms with Gasteiger partial charge in [-0.15, -0.1) is 0 Å². The number of aromatic nitrogens is 4. The standard InChI is InChI=1S/C76H91N11O13/c1-73(2,3)99-69(92)58(80-72(94)100-74(4,5)6)40-43-84(45-60-64(90)65(91)68(98-60)86-48-79-63-66(77-47-78-67(63)86)82-75(50-24-14-9-15-25-50,51-26-16-10-17-27-51)54-32-36-56(95-7)37-33-54)41-22-13-23-42-85-49-87(62-44-59(89)61(46-88)97-62)71(93)81-70(85)83-76(52-28-18-11-19-29-52,53-30-20-12-21-31-53)55-34-38-57(96-8)39-35-55/h9-12,14-21,24-39,47-48,58-62,64-65,68,88-91H,13,22-23,40-46,49H2,1-8H3,(H,80,94)(H,77,78,82)(H,81,83,93)/t58-,59-,60+,61+,62+,64+,65+,68+/m0/s1. The molecule has 528 valence electrons. The van der Waals surface area contributed by atoms with Gasteiger partial charge in [-0.3, -0.25) is 14.8 Å². The molecule has 3 aliphatic heterocycles. The predicted molar refractivity (Wildman–Crippen MR) is 376 cm³/mol. The fourth-order valence-corrected chi connectivity index (χ4v) is 13.3. The zero-order valence-electron chi connectivity index (χ0n) is 57.8. The minimum Gasteiger partial charge on any atom is -0.497 e. The highest BCUT2D eigenvalue weighted by atomic mass is 16.6. The molecule has 0 bridgehead atoms. The van der Waals surface area contributed by atoms with E-state index in [1.165, 1.54) is 17.6 Å². The molecule has 2 aromatic heterocycles. The Morgan fingerprint density at radius 1 is 0.670 bits per heavy atom. The van der Waals surface area contributed by atoms with Crippen molar-refractivity contribution in [1.82, 2.24) is 44.9 Å². The number of guanidine groups is 1. The number of carbonyl (C=O) groups excluding carboxylic acids is 3. The van der Waals surface area contributed by atoms with Gasteiger partial charge < -0.3 is 69.3 Å². The quantitative estimate of drug-likeness (QED) is 0.0143. The molecule has 0 saturated carbocycles. The predicted octanol–water partition coefficient (Wildman–Crippen LogP) is 9.07. The Labute approximate surface area is 582 Å². The largest absolute Gasteiger partial charge is 0.497 e. The van der Waals surface area contributed by atoms with Crippen molar-refractivity contribution < 1.29 is 63.2 Å². The second-order valence-corrected chi connectivity index (χ2v) is 27.3. The molecule has 0 aliphatic carbocycles. The van der Waals surface area contributed by atoms with Crippen LogP contribution >= 0.6 is 0 Å². The fraction of sp³-hybridized carbons (Fsp3) is 0.408. The minimum absolute atomic E-state index is 0.0214. The number of aliphatic hydroxyl groups excluding tert-OH is 4. The number of aliphatic hydroxyl groups is 4. The number of unbranched alkanes of at least 4 members (excludes halogenated alkanes) is 2. The summed E-state index contributed by atoms with van der Waals surface area (Å²) in [5.74, 6) is 1.35. The summed E-state index contributed by atoms with van der Waals surface area (Å²) in [5.41, 5.74) is 1.87. The van der Waals surface area contributed by atoms with E-state index in [4.69, 9.17) is 48.4 Å². The third-order valence-corrected chi connectivity index (χ3v) is 18.2. The summed E-state index contributed by atoms with van der Waals surface area (Å²) in [6, 6.07) is 53.6. The molecule has 6 aromatic carbocycles. The van der Waals surface area contributed by atoms with Gasteiger partial charge in [0.25, 0.3) is 0 Å². The first-order valence-corrected chi connectivity index (χ1v) is 33.9. The number of hydrogen-bond acceptors (Lipinski definition) is 19. The van der Waals surface area contributed by atoms with Crippen molar-refractivity contribution in [3.05, 3.63) is 216 Å². The smallest absolute Gasteiger partial charge is 0.408 e. The Balaban J connectivity index is 0.882. The highest BCUT2D eigenvalue weighted by Gasteiger charge is 2.47. The Hall–Kier alpha value is -9.53. The lowest BCUT2D eigenvalue weighted by atomic mass is 9.77. The minimum atomic E-state index is -1.47. The number of aliphatic imine (C=N–C) groups is 1. The van der Waals surface area contributed by atoms with Crippen LogP contribution in [0, 0.1) is 0 Å². The van der Waals surface area contributed by atoms with Gasteiger partial charge in [0, 0.05) is 26.1 Å². The van der Waals surface area contributed by atoms with Gasteiger partial charge in [0.1, 0.15) is 83.5 Å². The number of imidazole rings is 1. The van der Waals surface area contributed by atoms with E-state index in [9.17, 15) is 34.8 Å². The Morgan fingerprint density at radius 3 is 1.77 bits per heavy atom. The van der Waals surface area contributed by atoms with Crippen LogP contribution in [0.2, 0.25) is 0 Å². The van der Waals surface area contributed by atoms with Crippen LogP contribution in [0.1, 0.15) is 113 Å². The molecule has 24 nitrogen and oxygen atoms in total. The van der Waals surface area contributed by atoms with Gasteiger partial charge in [0.05, 0.1) is 33.3 Å². The lowest BCUT2D eigenvalue weighted by Gasteiger charge is -2.42. The number of carbonyl (C=O) groups is 3. The van der Waals surface area contributed by atoms with Crippen molar-refractivity contribution in [2.24, 2.45) is 4.99 Å². The Kier molecular flexibility index (Phi) is 22.5. The topological polar surface area (TPSA) is 289 Å². The zero-order chi connectivity index (χ0) is 70.8. The number of benzene rings is 6. The highest BCUT2D eigenvalue weighted by molar-refractivity contribution is 5.99. The number of nitrogens with one attached hydrogen (secondary N) is 3. The molecule has 0 spiro atoms. The number of anilines is 1. The maximum Gasteiger partial charge on any atom is 0.408 e. The van der Waals surface area contributed by atoms with E-state index in [0.717, 1.165) is 33.4 Å². The molecule has 11 rings (SSSR count). The summed E-state index contributed by atoms with van der Waals surface area (Å²) in [6.07, 6.45) is -3.80. The molecule has 7 N–H and O–H groups in total. The third-order valence-electron chi connectivity index (χ3n) is 18.2. The van der Waals surface area contributed by atoms with E-state index in [2.05, 4.69) is 16.0 Å². The van der Waals surface area contributed by atoms with E-state index >= 15 is 0 Å². The first-order chi connectivity index (χ1) is 48.1. The Morgan fingerprint density at radius 2 is 1.22 bits per heavy atom. The van der Waals surface area contributed by atoms with Crippen LogP contribution in [-0.2, 0) is 34.8 Å². The van der Waals surface area contributed by atoms with Gasteiger partial charge >= 0.3 is 18.1 Å². The summed E-state index contributed by atoms with van der Waals surface area (Å²) >= 11 is 0. The number of alkyl carbamates (subject to hydrolysis) is 1. The molecule has 3 amide bonds. The first kappa shape index (κ1) is 71.7. The number of hydrogen-bond donors (Lipinski definition) is 7. The summed E-state index contributed by atoms with van der Waals surface area (Å²) in [5, 5.41) is 54.9. The van der Waals surface area contributed by atoms with Gasteiger partial charge in [-0.2, -0.15) is 0 Å². The molecule has 3 aliphatic rings. The van der Waals surface area contributed by atoms with E-state index < -0.39 is 96.0 Å².